The minimum atomic E-state index is 0.0208. The summed E-state index contributed by atoms with van der Waals surface area (Å²) in [5.41, 5.74) is 2.35. The fourth-order valence-electron chi connectivity index (χ4n) is 0.632. The van der Waals surface area contributed by atoms with Crippen molar-refractivity contribution in [1.82, 2.24) is 5.43 Å². The zero-order valence-corrected chi connectivity index (χ0v) is 4.72. The van der Waals surface area contributed by atoms with Gasteiger partial charge in [0.2, 0.25) is 5.91 Å². The molecule has 0 aromatic carbocycles. The fourth-order valence-corrected chi connectivity index (χ4v) is 0.632. The minimum absolute atomic E-state index is 0.0208. The van der Waals surface area contributed by atoms with Gasteiger partial charge in [-0.3, -0.25) is 4.79 Å². The average Bonchev–Trinajstić information content (AvgIpc) is 2.14. The second-order valence-electron chi connectivity index (χ2n) is 1.77. The highest BCUT2D eigenvalue weighted by Gasteiger charge is 2.17. The van der Waals surface area contributed by atoms with Gasteiger partial charge in [-0.15, -0.1) is 0 Å². The average molecular weight is 112 g/mol. The lowest BCUT2D eigenvalue weighted by Crippen LogP contribution is -2.18. The van der Waals surface area contributed by atoms with Crippen molar-refractivity contribution in [2.75, 3.05) is 0 Å². The third-order valence-corrected chi connectivity index (χ3v) is 1.21. The quantitative estimate of drug-likeness (QED) is 0.514. The summed E-state index contributed by atoms with van der Waals surface area (Å²) in [6.07, 6.45) is 2.48. The summed E-state index contributed by atoms with van der Waals surface area (Å²) in [5.74, 6) is 0.0440. The molecule has 3 nitrogen and oxygen atoms in total. The van der Waals surface area contributed by atoms with E-state index in [2.05, 4.69) is 10.5 Å². The maximum absolute atomic E-state index is 10.6. The molecule has 0 aromatic rings. The van der Waals surface area contributed by atoms with Crippen molar-refractivity contribution >= 4 is 12.1 Å². The highest BCUT2D eigenvalue weighted by Crippen LogP contribution is 2.02. The Morgan fingerprint density at radius 2 is 2.75 bits per heavy atom. The van der Waals surface area contributed by atoms with Crippen LogP contribution in [-0.4, -0.2) is 12.1 Å². The monoisotopic (exact) mass is 112 g/mol. The van der Waals surface area contributed by atoms with Crippen LogP contribution in [0, 0.1) is 5.92 Å². The van der Waals surface area contributed by atoms with Gasteiger partial charge in [-0.2, -0.15) is 5.10 Å². The summed E-state index contributed by atoms with van der Waals surface area (Å²) < 4.78 is 0. The SMILES string of the molecule is CCC1C=NNC1=O. The predicted molar refractivity (Wildman–Crippen MR) is 30.4 cm³/mol. The molecule has 1 heterocycles. The van der Waals surface area contributed by atoms with Crippen molar-refractivity contribution < 1.29 is 4.79 Å². The van der Waals surface area contributed by atoms with Crippen LogP contribution in [0.15, 0.2) is 5.10 Å². The molecule has 3 heteroatoms. The van der Waals surface area contributed by atoms with Gasteiger partial charge < -0.3 is 0 Å². The Balaban J connectivity index is 2.53. The summed E-state index contributed by atoms with van der Waals surface area (Å²) in [4.78, 5) is 10.6. The summed E-state index contributed by atoms with van der Waals surface area (Å²) in [6.45, 7) is 1.96. The van der Waals surface area contributed by atoms with Crippen molar-refractivity contribution in [2.24, 2.45) is 11.0 Å². The Labute approximate surface area is 47.8 Å². The standard InChI is InChI=1S/C5H8N2O/c1-2-4-3-6-7-5(4)8/h3-4H,2H2,1H3,(H,7,8). The van der Waals surface area contributed by atoms with E-state index >= 15 is 0 Å². The van der Waals surface area contributed by atoms with Crippen LogP contribution in [0.2, 0.25) is 0 Å². The largest absolute Gasteiger partial charge is 0.272 e. The zero-order chi connectivity index (χ0) is 5.98. The van der Waals surface area contributed by atoms with E-state index in [1.807, 2.05) is 6.92 Å². The summed E-state index contributed by atoms with van der Waals surface area (Å²) in [5, 5.41) is 3.59. The van der Waals surface area contributed by atoms with E-state index in [1.165, 1.54) is 0 Å². The number of carbonyl (C=O) groups excluding carboxylic acids is 1. The van der Waals surface area contributed by atoms with Crippen LogP contribution in [0.5, 0.6) is 0 Å². The molecule has 44 valence electrons. The Morgan fingerprint density at radius 1 is 2.00 bits per heavy atom. The lowest BCUT2D eigenvalue weighted by atomic mass is 10.1. The Bertz CT molecular complexity index is 130. The molecule has 8 heavy (non-hydrogen) atoms. The maximum Gasteiger partial charge on any atom is 0.248 e. The number of carbonyl (C=O) groups is 1. The molecule has 0 spiro atoms. The van der Waals surface area contributed by atoms with Gasteiger partial charge in [0, 0.05) is 6.21 Å². The molecular formula is C5H8N2O. The second-order valence-corrected chi connectivity index (χ2v) is 1.77. The molecule has 1 amide bonds. The molecule has 0 radical (unpaired) electrons. The molecule has 0 saturated heterocycles. The van der Waals surface area contributed by atoms with E-state index in [1.54, 1.807) is 6.21 Å². The topological polar surface area (TPSA) is 41.5 Å². The lowest BCUT2D eigenvalue weighted by molar-refractivity contribution is -0.122. The summed E-state index contributed by atoms with van der Waals surface area (Å²) >= 11 is 0. The maximum atomic E-state index is 10.6. The first kappa shape index (κ1) is 5.28. The fraction of sp³-hybridized carbons (Fsp3) is 0.600. The number of rotatable bonds is 1. The number of nitrogens with zero attached hydrogens (tertiary/aromatic N) is 1. The van der Waals surface area contributed by atoms with Crippen molar-refractivity contribution in [3.63, 3.8) is 0 Å². The smallest absolute Gasteiger partial charge is 0.248 e. The minimum Gasteiger partial charge on any atom is -0.272 e. The number of hydrogen-bond acceptors (Lipinski definition) is 2. The van der Waals surface area contributed by atoms with Crippen LogP contribution >= 0.6 is 0 Å². The van der Waals surface area contributed by atoms with Crippen molar-refractivity contribution in [3.05, 3.63) is 0 Å². The van der Waals surface area contributed by atoms with Crippen molar-refractivity contribution in [2.45, 2.75) is 13.3 Å². The molecule has 1 unspecified atom stereocenters. The number of nitrogens with one attached hydrogen (secondary N) is 1. The molecule has 1 rings (SSSR count). The van der Waals surface area contributed by atoms with Gasteiger partial charge in [-0.05, 0) is 6.42 Å². The molecule has 1 N–H and O–H groups in total. The zero-order valence-electron chi connectivity index (χ0n) is 4.72. The Hall–Kier alpha value is -0.860. The van der Waals surface area contributed by atoms with Crippen LogP contribution in [0.1, 0.15) is 13.3 Å². The highest BCUT2D eigenvalue weighted by atomic mass is 16.2. The predicted octanol–water partition coefficient (Wildman–Crippen LogP) is 0.128. The molecule has 0 aliphatic carbocycles. The van der Waals surface area contributed by atoms with Crippen molar-refractivity contribution in [3.8, 4) is 0 Å². The van der Waals surface area contributed by atoms with Crippen LogP contribution in [0.3, 0.4) is 0 Å². The molecule has 0 fully saturated rings. The normalized spacial score (nSPS) is 26.1. The first-order valence-electron chi connectivity index (χ1n) is 2.67. The van der Waals surface area contributed by atoms with Gasteiger partial charge in [0.05, 0.1) is 5.92 Å². The van der Waals surface area contributed by atoms with Gasteiger partial charge in [0.1, 0.15) is 0 Å². The van der Waals surface area contributed by atoms with E-state index in [0.29, 0.717) is 0 Å². The van der Waals surface area contributed by atoms with Crippen LogP contribution < -0.4 is 5.43 Å². The van der Waals surface area contributed by atoms with Crippen molar-refractivity contribution in [1.29, 1.82) is 0 Å². The van der Waals surface area contributed by atoms with Crippen LogP contribution in [0.25, 0.3) is 0 Å². The number of hydrazone groups is 1. The highest BCUT2D eigenvalue weighted by molar-refractivity contribution is 5.96. The lowest BCUT2D eigenvalue weighted by Gasteiger charge is -1.94. The van der Waals surface area contributed by atoms with Gasteiger partial charge >= 0.3 is 0 Å². The Kier molecular flexibility index (Phi) is 1.28. The van der Waals surface area contributed by atoms with E-state index in [-0.39, 0.29) is 11.8 Å². The number of amides is 1. The van der Waals surface area contributed by atoms with E-state index in [9.17, 15) is 4.79 Å². The first-order valence-corrected chi connectivity index (χ1v) is 2.67. The van der Waals surface area contributed by atoms with Gasteiger partial charge in [-0.1, -0.05) is 6.92 Å². The van der Waals surface area contributed by atoms with Gasteiger partial charge in [0.15, 0.2) is 0 Å². The second kappa shape index (κ2) is 1.94. The summed E-state index contributed by atoms with van der Waals surface area (Å²) in [7, 11) is 0. The third kappa shape index (κ3) is 0.710. The van der Waals surface area contributed by atoms with Crippen LogP contribution in [-0.2, 0) is 4.79 Å². The third-order valence-electron chi connectivity index (χ3n) is 1.21. The molecule has 1 atom stereocenters. The molecule has 0 saturated carbocycles. The van der Waals surface area contributed by atoms with Crippen LogP contribution in [0.4, 0.5) is 0 Å². The van der Waals surface area contributed by atoms with Gasteiger partial charge in [0.25, 0.3) is 0 Å². The molecular weight excluding hydrogens is 104 g/mol. The van der Waals surface area contributed by atoms with Gasteiger partial charge in [-0.25, -0.2) is 5.43 Å². The van der Waals surface area contributed by atoms with E-state index in [4.69, 9.17) is 0 Å². The number of hydrogen-bond donors (Lipinski definition) is 1. The summed E-state index contributed by atoms with van der Waals surface area (Å²) in [6, 6.07) is 0. The molecule has 0 aromatic heterocycles. The molecule has 0 bridgehead atoms. The molecule has 1 aliphatic heterocycles. The Morgan fingerprint density at radius 3 is 3.00 bits per heavy atom. The molecule has 1 aliphatic rings. The van der Waals surface area contributed by atoms with E-state index < -0.39 is 0 Å². The first-order chi connectivity index (χ1) is 3.84. The van der Waals surface area contributed by atoms with E-state index in [0.717, 1.165) is 6.42 Å².